The molecule has 4 nitrogen and oxygen atoms in total. The van der Waals surface area contributed by atoms with Gasteiger partial charge in [-0.05, 0) is 68.8 Å². The fourth-order valence-electron chi connectivity index (χ4n) is 6.22. The van der Waals surface area contributed by atoms with Crippen molar-refractivity contribution in [3.05, 3.63) is 35.9 Å². The molecule has 148 valence electrons. The Balaban J connectivity index is 1.35. The quantitative estimate of drug-likeness (QED) is 0.707. The van der Waals surface area contributed by atoms with Gasteiger partial charge in [0.2, 0.25) is 5.79 Å². The highest BCUT2D eigenvalue weighted by Gasteiger charge is 2.68. The second-order valence-electron chi connectivity index (χ2n) is 9.38. The first-order valence-electron chi connectivity index (χ1n) is 10.8. The zero-order valence-corrected chi connectivity index (χ0v) is 16.6. The van der Waals surface area contributed by atoms with Crippen molar-refractivity contribution in [3.63, 3.8) is 0 Å². The van der Waals surface area contributed by atoms with Crippen LogP contribution in [0.5, 0.6) is 0 Å². The summed E-state index contributed by atoms with van der Waals surface area (Å²) in [6.45, 7) is 5.15. The molecular formula is C23H32O4. The second-order valence-corrected chi connectivity index (χ2v) is 9.38. The van der Waals surface area contributed by atoms with Gasteiger partial charge in [-0.15, -0.1) is 0 Å². The van der Waals surface area contributed by atoms with Crippen LogP contribution in [0.15, 0.2) is 30.3 Å². The van der Waals surface area contributed by atoms with Gasteiger partial charge in [-0.3, -0.25) is 0 Å². The number of fused-ring (bicyclic) bond motifs is 2. The van der Waals surface area contributed by atoms with Crippen molar-refractivity contribution in [1.29, 1.82) is 0 Å². The Morgan fingerprint density at radius 2 is 1.89 bits per heavy atom. The van der Waals surface area contributed by atoms with Crippen molar-refractivity contribution in [1.82, 2.24) is 0 Å². The van der Waals surface area contributed by atoms with E-state index < -0.39 is 11.4 Å². The molecule has 1 aliphatic carbocycles. The van der Waals surface area contributed by atoms with Gasteiger partial charge >= 0.3 is 0 Å². The van der Waals surface area contributed by atoms with Crippen molar-refractivity contribution < 1.29 is 19.2 Å². The normalized spacial score (nSPS) is 45.9. The summed E-state index contributed by atoms with van der Waals surface area (Å²) in [6.07, 6.45) is 7.68. The van der Waals surface area contributed by atoms with Crippen molar-refractivity contribution >= 4 is 0 Å². The minimum atomic E-state index is -0.655. The van der Waals surface area contributed by atoms with E-state index in [0.29, 0.717) is 23.7 Å². The van der Waals surface area contributed by atoms with Crippen LogP contribution < -0.4 is 0 Å². The maximum atomic E-state index is 6.33. The molecular weight excluding hydrogens is 340 g/mol. The van der Waals surface area contributed by atoms with E-state index in [4.69, 9.17) is 19.2 Å². The minimum absolute atomic E-state index is 0.276. The third-order valence-corrected chi connectivity index (χ3v) is 7.69. The highest BCUT2D eigenvalue weighted by Crippen LogP contribution is 2.60. The molecule has 5 aliphatic rings. The highest BCUT2D eigenvalue weighted by molar-refractivity contribution is 5.15. The zero-order chi connectivity index (χ0) is 18.5. The van der Waals surface area contributed by atoms with Crippen LogP contribution in [0, 0.1) is 23.7 Å². The van der Waals surface area contributed by atoms with Crippen LogP contribution in [-0.2, 0) is 25.7 Å². The van der Waals surface area contributed by atoms with E-state index in [-0.39, 0.29) is 6.29 Å². The van der Waals surface area contributed by atoms with Crippen LogP contribution in [0.2, 0.25) is 0 Å². The SMILES string of the molecule is C[C@@H]1CC[C@H]2[C@@H](CCCc3ccccc3)CO[C@H]3O[C@@]4(C)CC[C@@H]1[C@]32OO4. The molecule has 4 heteroatoms. The molecule has 0 amide bonds. The van der Waals surface area contributed by atoms with Crippen LogP contribution >= 0.6 is 0 Å². The average Bonchev–Trinajstić information content (AvgIpc) is 2.91. The zero-order valence-electron chi connectivity index (χ0n) is 16.6. The summed E-state index contributed by atoms with van der Waals surface area (Å²) < 4.78 is 12.7. The largest absolute Gasteiger partial charge is 0.349 e. The summed E-state index contributed by atoms with van der Waals surface area (Å²) in [6, 6.07) is 10.8. The number of hydrogen-bond donors (Lipinski definition) is 0. The van der Waals surface area contributed by atoms with Gasteiger partial charge in [-0.1, -0.05) is 37.3 Å². The van der Waals surface area contributed by atoms with Gasteiger partial charge in [-0.25, -0.2) is 9.78 Å². The number of rotatable bonds is 4. The Kier molecular flexibility index (Phi) is 4.59. The van der Waals surface area contributed by atoms with E-state index in [2.05, 4.69) is 37.3 Å². The van der Waals surface area contributed by atoms with E-state index in [0.717, 1.165) is 25.9 Å². The van der Waals surface area contributed by atoms with Crippen LogP contribution in [-0.4, -0.2) is 24.3 Å². The first kappa shape index (κ1) is 18.1. The Bertz CT molecular complexity index is 664. The third-order valence-electron chi connectivity index (χ3n) is 7.69. The summed E-state index contributed by atoms with van der Waals surface area (Å²) in [5.74, 6) is 1.42. The molecule has 6 rings (SSSR count). The molecule has 4 aliphatic heterocycles. The van der Waals surface area contributed by atoms with E-state index in [9.17, 15) is 0 Å². The first-order valence-corrected chi connectivity index (χ1v) is 10.8. The lowest BCUT2D eigenvalue weighted by Crippen LogP contribution is -2.69. The molecule has 4 saturated heterocycles. The van der Waals surface area contributed by atoms with Gasteiger partial charge in [0.05, 0.1) is 6.61 Å². The number of ether oxygens (including phenoxy) is 2. The Morgan fingerprint density at radius 3 is 2.74 bits per heavy atom. The van der Waals surface area contributed by atoms with Gasteiger partial charge in [0.15, 0.2) is 11.9 Å². The maximum absolute atomic E-state index is 6.33. The minimum Gasteiger partial charge on any atom is -0.349 e. The fourth-order valence-corrected chi connectivity index (χ4v) is 6.22. The second kappa shape index (κ2) is 6.84. The highest BCUT2D eigenvalue weighted by atomic mass is 17.3. The van der Waals surface area contributed by atoms with Crippen molar-refractivity contribution in [2.75, 3.05) is 6.61 Å². The van der Waals surface area contributed by atoms with Crippen molar-refractivity contribution in [2.45, 2.75) is 76.5 Å². The molecule has 1 aromatic carbocycles. The predicted molar refractivity (Wildman–Crippen MR) is 102 cm³/mol. The lowest BCUT2D eigenvalue weighted by Gasteiger charge is -2.59. The van der Waals surface area contributed by atoms with Crippen LogP contribution in [0.1, 0.15) is 57.9 Å². The maximum Gasteiger partial charge on any atom is 0.201 e. The molecule has 1 aromatic rings. The third kappa shape index (κ3) is 2.96. The summed E-state index contributed by atoms with van der Waals surface area (Å²) in [5, 5.41) is 0. The predicted octanol–water partition coefficient (Wildman–Crippen LogP) is 4.87. The Labute approximate surface area is 162 Å². The number of aryl methyl sites for hydroxylation is 1. The molecule has 0 aromatic heterocycles. The fraction of sp³-hybridized carbons (Fsp3) is 0.739. The topological polar surface area (TPSA) is 36.9 Å². The van der Waals surface area contributed by atoms with Crippen LogP contribution in [0.3, 0.4) is 0 Å². The molecule has 1 spiro atoms. The molecule has 0 radical (unpaired) electrons. The van der Waals surface area contributed by atoms with Gasteiger partial charge in [-0.2, -0.15) is 0 Å². The van der Waals surface area contributed by atoms with Crippen molar-refractivity contribution in [3.8, 4) is 0 Å². The molecule has 2 bridgehead atoms. The Hall–Kier alpha value is -0.940. The molecule has 1 saturated carbocycles. The first-order chi connectivity index (χ1) is 13.1. The van der Waals surface area contributed by atoms with Crippen LogP contribution in [0.4, 0.5) is 0 Å². The van der Waals surface area contributed by atoms with Crippen molar-refractivity contribution in [2.24, 2.45) is 23.7 Å². The smallest absolute Gasteiger partial charge is 0.201 e. The van der Waals surface area contributed by atoms with Gasteiger partial charge in [0.1, 0.15) is 0 Å². The van der Waals surface area contributed by atoms with E-state index in [1.54, 1.807) is 0 Å². The standard InChI is InChI=1S/C23H32O4/c1-16-11-12-20-18(10-6-9-17-7-4-3-5-8-17)15-24-21-23(20)19(16)13-14-22(2,25-21)26-27-23/h3-5,7-8,16,18-21H,6,9-15H2,1-2H3/t16-,18+,19+,20+,21+,22-,23-/m1/s1. The van der Waals surface area contributed by atoms with E-state index in [1.165, 1.54) is 31.2 Å². The van der Waals surface area contributed by atoms with Gasteiger partial charge < -0.3 is 9.47 Å². The van der Waals surface area contributed by atoms with E-state index in [1.807, 2.05) is 6.92 Å². The summed E-state index contributed by atoms with van der Waals surface area (Å²) >= 11 is 0. The average molecular weight is 373 g/mol. The number of benzene rings is 1. The molecule has 0 N–H and O–H groups in total. The molecule has 5 fully saturated rings. The lowest BCUT2D eigenvalue weighted by atomic mass is 9.57. The monoisotopic (exact) mass is 372 g/mol. The Morgan fingerprint density at radius 1 is 1.04 bits per heavy atom. The summed E-state index contributed by atoms with van der Waals surface area (Å²) in [5.41, 5.74) is 1.01. The lowest BCUT2D eigenvalue weighted by molar-refractivity contribution is -0.567. The number of hydrogen-bond acceptors (Lipinski definition) is 4. The van der Waals surface area contributed by atoms with Gasteiger partial charge in [0.25, 0.3) is 0 Å². The summed E-state index contributed by atoms with van der Waals surface area (Å²) in [7, 11) is 0. The molecule has 4 heterocycles. The van der Waals surface area contributed by atoms with E-state index >= 15 is 0 Å². The van der Waals surface area contributed by atoms with Crippen LogP contribution in [0.25, 0.3) is 0 Å². The molecule has 0 unspecified atom stereocenters. The molecule has 7 atom stereocenters. The van der Waals surface area contributed by atoms with Gasteiger partial charge in [0, 0.05) is 12.3 Å². The molecule has 27 heavy (non-hydrogen) atoms. The summed E-state index contributed by atoms with van der Waals surface area (Å²) in [4.78, 5) is 12.1.